The standard InChI is InChI=1S/C18H36N2O/c1-14(2)16-7-8-18(19-3)17(11-16)12-20(4)9-10-21-13-15-5-6-15/h14-19H,5-13H2,1-4H3. The molecule has 2 fully saturated rings. The van der Waals surface area contributed by atoms with Gasteiger partial charge in [0.15, 0.2) is 0 Å². The highest BCUT2D eigenvalue weighted by molar-refractivity contribution is 4.86. The molecule has 0 spiro atoms. The molecule has 2 saturated carbocycles. The topological polar surface area (TPSA) is 24.5 Å². The van der Waals surface area contributed by atoms with E-state index in [0.29, 0.717) is 6.04 Å². The molecule has 1 N–H and O–H groups in total. The first-order valence-corrected chi connectivity index (χ1v) is 9.03. The summed E-state index contributed by atoms with van der Waals surface area (Å²) in [7, 11) is 4.39. The van der Waals surface area contributed by atoms with E-state index in [1.807, 2.05) is 0 Å². The highest BCUT2D eigenvalue weighted by Gasteiger charge is 2.31. The fourth-order valence-electron chi connectivity index (χ4n) is 3.73. The normalized spacial score (nSPS) is 30.3. The zero-order chi connectivity index (χ0) is 15.2. The molecule has 0 aromatic heterocycles. The van der Waals surface area contributed by atoms with Crippen molar-refractivity contribution < 1.29 is 4.74 Å². The second-order valence-electron chi connectivity index (χ2n) is 7.75. The van der Waals surface area contributed by atoms with Crippen molar-refractivity contribution in [2.45, 2.75) is 52.0 Å². The summed E-state index contributed by atoms with van der Waals surface area (Å²) in [4.78, 5) is 2.48. The Hall–Kier alpha value is -0.120. The van der Waals surface area contributed by atoms with Crippen molar-refractivity contribution in [3.05, 3.63) is 0 Å². The molecule has 0 heterocycles. The molecule has 3 heteroatoms. The lowest BCUT2D eigenvalue weighted by Gasteiger charge is -2.39. The van der Waals surface area contributed by atoms with Crippen molar-refractivity contribution in [1.29, 1.82) is 0 Å². The van der Waals surface area contributed by atoms with Crippen LogP contribution in [-0.4, -0.2) is 51.3 Å². The summed E-state index contributed by atoms with van der Waals surface area (Å²) in [6.07, 6.45) is 6.90. The molecule has 0 amide bonds. The van der Waals surface area contributed by atoms with Gasteiger partial charge >= 0.3 is 0 Å². The summed E-state index contributed by atoms with van der Waals surface area (Å²) in [6, 6.07) is 0.704. The fraction of sp³-hybridized carbons (Fsp3) is 1.00. The van der Waals surface area contributed by atoms with Gasteiger partial charge in [-0.3, -0.25) is 0 Å². The summed E-state index contributed by atoms with van der Waals surface area (Å²) in [5.41, 5.74) is 0. The lowest BCUT2D eigenvalue weighted by molar-refractivity contribution is 0.0855. The molecule has 3 unspecified atom stereocenters. The van der Waals surface area contributed by atoms with Gasteiger partial charge in [0, 0.05) is 25.7 Å². The fourth-order valence-corrected chi connectivity index (χ4v) is 3.73. The number of rotatable bonds is 9. The molecule has 2 rings (SSSR count). The van der Waals surface area contributed by atoms with E-state index in [9.17, 15) is 0 Å². The third-order valence-corrected chi connectivity index (χ3v) is 5.55. The van der Waals surface area contributed by atoms with Crippen LogP contribution in [-0.2, 0) is 4.74 Å². The first-order valence-electron chi connectivity index (χ1n) is 9.03. The van der Waals surface area contributed by atoms with Gasteiger partial charge in [0.2, 0.25) is 0 Å². The smallest absolute Gasteiger partial charge is 0.0593 e. The van der Waals surface area contributed by atoms with Crippen molar-refractivity contribution in [3.63, 3.8) is 0 Å². The van der Waals surface area contributed by atoms with Crippen molar-refractivity contribution in [3.8, 4) is 0 Å². The number of nitrogens with zero attached hydrogens (tertiary/aromatic N) is 1. The molecule has 0 bridgehead atoms. The maximum Gasteiger partial charge on any atom is 0.0593 e. The molecule has 0 aromatic rings. The second-order valence-corrected chi connectivity index (χ2v) is 7.75. The molecular formula is C18H36N2O. The zero-order valence-corrected chi connectivity index (χ0v) is 14.6. The van der Waals surface area contributed by atoms with Crippen LogP contribution in [0.25, 0.3) is 0 Å². The molecule has 0 aromatic carbocycles. The van der Waals surface area contributed by atoms with Crippen LogP contribution in [0.2, 0.25) is 0 Å². The Balaban J connectivity index is 1.68. The summed E-state index contributed by atoms with van der Waals surface area (Å²) in [6.45, 7) is 8.95. The molecule has 3 nitrogen and oxygen atoms in total. The van der Waals surface area contributed by atoms with Gasteiger partial charge in [-0.15, -0.1) is 0 Å². The van der Waals surface area contributed by atoms with Crippen LogP contribution in [0.15, 0.2) is 0 Å². The van der Waals surface area contributed by atoms with Gasteiger partial charge in [0.25, 0.3) is 0 Å². The van der Waals surface area contributed by atoms with Gasteiger partial charge in [0.1, 0.15) is 0 Å². The number of hydrogen-bond donors (Lipinski definition) is 1. The third kappa shape index (κ3) is 5.88. The molecule has 0 saturated heterocycles. The SMILES string of the molecule is CNC1CCC(C(C)C)CC1CN(C)CCOCC1CC1. The van der Waals surface area contributed by atoms with E-state index in [2.05, 4.69) is 38.2 Å². The van der Waals surface area contributed by atoms with Crippen LogP contribution in [0.3, 0.4) is 0 Å². The van der Waals surface area contributed by atoms with E-state index in [-0.39, 0.29) is 0 Å². The molecule has 3 atom stereocenters. The minimum Gasteiger partial charge on any atom is -0.380 e. The van der Waals surface area contributed by atoms with Crippen LogP contribution in [0, 0.1) is 23.7 Å². The van der Waals surface area contributed by atoms with Gasteiger partial charge in [-0.25, -0.2) is 0 Å². The van der Waals surface area contributed by atoms with Gasteiger partial charge in [-0.2, -0.15) is 0 Å². The Kier molecular flexibility index (Phi) is 6.97. The van der Waals surface area contributed by atoms with Gasteiger partial charge in [-0.1, -0.05) is 13.8 Å². The minimum atomic E-state index is 0.704. The first-order chi connectivity index (χ1) is 10.1. The number of nitrogens with one attached hydrogen (secondary N) is 1. The van der Waals surface area contributed by atoms with E-state index in [0.717, 1.165) is 43.4 Å². The van der Waals surface area contributed by atoms with Crippen LogP contribution < -0.4 is 5.32 Å². The third-order valence-electron chi connectivity index (χ3n) is 5.55. The lowest BCUT2D eigenvalue weighted by atomic mass is 9.73. The lowest BCUT2D eigenvalue weighted by Crippen LogP contribution is -2.45. The number of ether oxygens (including phenoxy) is 1. The van der Waals surface area contributed by atoms with E-state index >= 15 is 0 Å². The predicted molar refractivity (Wildman–Crippen MR) is 89.6 cm³/mol. The summed E-state index contributed by atoms with van der Waals surface area (Å²) >= 11 is 0. The maximum absolute atomic E-state index is 5.77. The predicted octanol–water partition coefficient (Wildman–Crippen LogP) is 3.01. The Bertz CT molecular complexity index is 291. The Morgan fingerprint density at radius 3 is 2.57 bits per heavy atom. The number of likely N-dealkylation sites (N-methyl/N-ethyl adjacent to an activating group) is 1. The Morgan fingerprint density at radius 1 is 1.19 bits per heavy atom. The van der Waals surface area contributed by atoms with E-state index in [1.54, 1.807) is 0 Å². The Morgan fingerprint density at radius 2 is 1.95 bits per heavy atom. The van der Waals surface area contributed by atoms with Crippen LogP contribution in [0.4, 0.5) is 0 Å². The first kappa shape index (κ1) is 17.2. The molecule has 21 heavy (non-hydrogen) atoms. The summed E-state index contributed by atoms with van der Waals surface area (Å²) in [5, 5.41) is 3.55. The van der Waals surface area contributed by atoms with Crippen molar-refractivity contribution in [2.24, 2.45) is 23.7 Å². The largest absolute Gasteiger partial charge is 0.380 e. The quantitative estimate of drug-likeness (QED) is 0.662. The van der Waals surface area contributed by atoms with Gasteiger partial charge < -0.3 is 15.0 Å². The van der Waals surface area contributed by atoms with Crippen molar-refractivity contribution in [2.75, 3.05) is 40.4 Å². The van der Waals surface area contributed by atoms with Crippen LogP contribution in [0.5, 0.6) is 0 Å². The van der Waals surface area contributed by atoms with Crippen molar-refractivity contribution >= 4 is 0 Å². The Labute approximate surface area is 131 Å². The molecule has 0 aliphatic heterocycles. The van der Waals surface area contributed by atoms with E-state index < -0.39 is 0 Å². The highest BCUT2D eigenvalue weighted by Crippen LogP contribution is 2.34. The van der Waals surface area contributed by atoms with Crippen LogP contribution >= 0.6 is 0 Å². The molecule has 124 valence electrons. The van der Waals surface area contributed by atoms with E-state index in [1.165, 1.54) is 38.6 Å². The highest BCUT2D eigenvalue weighted by atomic mass is 16.5. The number of hydrogen-bond acceptors (Lipinski definition) is 3. The molecular weight excluding hydrogens is 260 g/mol. The average molecular weight is 296 g/mol. The minimum absolute atomic E-state index is 0.704. The average Bonchev–Trinajstić information content (AvgIpc) is 3.27. The molecule has 2 aliphatic carbocycles. The molecule has 2 aliphatic rings. The zero-order valence-electron chi connectivity index (χ0n) is 14.6. The summed E-state index contributed by atoms with van der Waals surface area (Å²) in [5.74, 6) is 3.43. The van der Waals surface area contributed by atoms with Crippen LogP contribution in [0.1, 0.15) is 46.0 Å². The monoisotopic (exact) mass is 296 g/mol. The summed E-state index contributed by atoms with van der Waals surface area (Å²) < 4.78 is 5.77. The van der Waals surface area contributed by atoms with E-state index in [4.69, 9.17) is 4.74 Å². The van der Waals surface area contributed by atoms with Gasteiger partial charge in [-0.05, 0) is 69.9 Å². The van der Waals surface area contributed by atoms with Crippen molar-refractivity contribution in [1.82, 2.24) is 10.2 Å². The van der Waals surface area contributed by atoms with Gasteiger partial charge in [0.05, 0.1) is 6.61 Å². The second kappa shape index (κ2) is 8.50. The maximum atomic E-state index is 5.77. The molecule has 0 radical (unpaired) electrons.